The van der Waals surface area contributed by atoms with Gasteiger partial charge in [-0.2, -0.15) is 0 Å². The first-order valence-electron chi connectivity index (χ1n) is 6.45. The van der Waals surface area contributed by atoms with Gasteiger partial charge in [-0.25, -0.2) is 17.9 Å². The Labute approximate surface area is 122 Å². The second-order valence-corrected chi connectivity index (χ2v) is 6.65. The van der Waals surface area contributed by atoms with E-state index < -0.39 is 21.7 Å². The molecule has 1 amide bonds. The number of aryl methyl sites for hydroxylation is 1. The predicted octanol–water partition coefficient (Wildman–Crippen LogP) is 0.689. The highest BCUT2D eigenvalue weighted by Crippen LogP contribution is 2.20. The zero-order valence-corrected chi connectivity index (χ0v) is 12.5. The second kappa shape index (κ2) is 5.70. The Hall–Kier alpha value is -1.51. The Morgan fingerprint density at radius 3 is 2.67 bits per heavy atom. The first-order valence-corrected chi connectivity index (χ1v) is 8.00. The lowest BCUT2D eigenvalue weighted by Crippen LogP contribution is -2.39. The number of hydrogen-bond donors (Lipinski definition) is 2. The number of sulfonamides is 1. The molecule has 1 aliphatic heterocycles. The Bertz CT molecular complexity index is 675. The normalized spacial score (nSPS) is 22.3. The number of carbonyl (C=O) groups is 1. The minimum atomic E-state index is -4.01. The smallest absolute Gasteiger partial charge is 0.254 e. The minimum Gasteiger partial charge on any atom is -0.376 e. The highest BCUT2D eigenvalue weighted by atomic mass is 32.2. The van der Waals surface area contributed by atoms with Crippen LogP contribution in [0.1, 0.15) is 29.3 Å². The van der Waals surface area contributed by atoms with Crippen LogP contribution in [-0.4, -0.2) is 33.1 Å². The van der Waals surface area contributed by atoms with E-state index in [4.69, 9.17) is 9.88 Å². The van der Waals surface area contributed by atoms with E-state index in [0.29, 0.717) is 13.0 Å². The topological polar surface area (TPSA) is 98.5 Å². The van der Waals surface area contributed by atoms with Crippen LogP contribution >= 0.6 is 0 Å². The van der Waals surface area contributed by atoms with Gasteiger partial charge in [0.15, 0.2) is 0 Å². The van der Waals surface area contributed by atoms with Gasteiger partial charge in [0.2, 0.25) is 10.0 Å². The van der Waals surface area contributed by atoms with Crippen LogP contribution in [0.25, 0.3) is 0 Å². The molecule has 8 heteroatoms. The first-order chi connectivity index (χ1) is 9.70. The summed E-state index contributed by atoms with van der Waals surface area (Å²) in [5, 5.41) is 7.68. The molecule has 0 bridgehead atoms. The summed E-state index contributed by atoms with van der Waals surface area (Å²) >= 11 is 0. The number of rotatable bonds is 3. The summed E-state index contributed by atoms with van der Waals surface area (Å²) in [6.07, 6.45) is 0.460. The Morgan fingerprint density at radius 1 is 1.48 bits per heavy atom. The van der Waals surface area contributed by atoms with Gasteiger partial charge in [0, 0.05) is 6.61 Å². The van der Waals surface area contributed by atoms with Gasteiger partial charge in [-0.3, -0.25) is 4.79 Å². The molecule has 2 unspecified atom stereocenters. The molecule has 3 N–H and O–H groups in total. The summed E-state index contributed by atoms with van der Waals surface area (Å²) in [7, 11) is -4.01. The van der Waals surface area contributed by atoms with Gasteiger partial charge in [0.25, 0.3) is 5.91 Å². The summed E-state index contributed by atoms with van der Waals surface area (Å²) in [6, 6.07) is 1.83. The number of ether oxygens (including phenoxy) is 1. The van der Waals surface area contributed by atoms with Crippen LogP contribution in [0.4, 0.5) is 4.39 Å². The molecule has 1 aliphatic rings. The average Bonchev–Trinajstić information content (AvgIpc) is 2.76. The van der Waals surface area contributed by atoms with E-state index in [1.165, 1.54) is 6.92 Å². The van der Waals surface area contributed by atoms with Crippen LogP contribution in [0.3, 0.4) is 0 Å². The SMILES string of the molecule is Cc1cc(S(N)(=O)=O)cc(C(=O)NC2CCOC2C)c1F. The van der Waals surface area contributed by atoms with Gasteiger partial charge in [0.1, 0.15) is 5.82 Å². The molecule has 0 saturated carbocycles. The van der Waals surface area contributed by atoms with Crippen molar-refractivity contribution in [3.8, 4) is 0 Å². The minimum absolute atomic E-state index is 0.0439. The molecule has 0 aliphatic carbocycles. The second-order valence-electron chi connectivity index (χ2n) is 5.09. The zero-order valence-electron chi connectivity index (χ0n) is 11.7. The van der Waals surface area contributed by atoms with Gasteiger partial charge in [-0.15, -0.1) is 0 Å². The Balaban J connectivity index is 2.34. The molecule has 1 heterocycles. The lowest BCUT2D eigenvalue weighted by Gasteiger charge is -2.17. The van der Waals surface area contributed by atoms with Gasteiger partial charge in [-0.1, -0.05) is 0 Å². The van der Waals surface area contributed by atoms with E-state index in [0.717, 1.165) is 12.1 Å². The van der Waals surface area contributed by atoms with E-state index in [-0.39, 0.29) is 28.2 Å². The molecule has 1 fully saturated rings. The largest absolute Gasteiger partial charge is 0.376 e. The summed E-state index contributed by atoms with van der Waals surface area (Å²) in [4.78, 5) is 11.9. The average molecular weight is 316 g/mol. The number of carbonyl (C=O) groups excluding carboxylic acids is 1. The van der Waals surface area contributed by atoms with Gasteiger partial charge < -0.3 is 10.1 Å². The van der Waals surface area contributed by atoms with Crippen LogP contribution in [0.2, 0.25) is 0 Å². The van der Waals surface area contributed by atoms with Crippen molar-refractivity contribution in [1.29, 1.82) is 0 Å². The zero-order chi connectivity index (χ0) is 15.8. The van der Waals surface area contributed by atoms with Crippen LogP contribution in [0, 0.1) is 12.7 Å². The van der Waals surface area contributed by atoms with Crippen molar-refractivity contribution < 1.29 is 22.3 Å². The monoisotopic (exact) mass is 316 g/mol. The van der Waals surface area contributed by atoms with Gasteiger partial charge in [0.05, 0.1) is 22.6 Å². The summed E-state index contributed by atoms with van der Waals surface area (Å²) in [5.74, 6) is -1.44. The lowest BCUT2D eigenvalue weighted by atomic mass is 10.1. The maximum Gasteiger partial charge on any atom is 0.254 e. The molecule has 1 saturated heterocycles. The van der Waals surface area contributed by atoms with Crippen LogP contribution in [0.15, 0.2) is 17.0 Å². The van der Waals surface area contributed by atoms with Gasteiger partial charge >= 0.3 is 0 Å². The lowest BCUT2D eigenvalue weighted by molar-refractivity contribution is 0.0862. The quantitative estimate of drug-likeness (QED) is 0.857. The van der Waals surface area contributed by atoms with Crippen molar-refractivity contribution in [1.82, 2.24) is 5.32 Å². The number of primary sulfonamides is 1. The van der Waals surface area contributed by atoms with Crippen LogP contribution < -0.4 is 10.5 Å². The van der Waals surface area contributed by atoms with Crippen molar-refractivity contribution in [2.24, 2.45) is 5.14 Å². The number of nitrogens with one attached hydrogen (secondary N) is 1. The number of amides is 1. The molecular weight excluding hydrogens is 299 g/mol. The summed E-state index contributed by atoms with van der Waals surface area (Å²) in [6.45, 7) is 3.70. The third-order valence-electron chi connectivity index (χ3n) is 3.49. The molecule has 1 aromatic rings. The van der Waals surface area contributed by atoms with Crippen molar-refractivity contribution in [3.05, 3.63) is 29.1 Å². The molecule has 116 valence electrons. The molecule has 21 heavy (non-hydrogen) atoms. The van der Waals surface area contributed by atoms with Crippen LogP contribution in [0.5, 0.6) is 0 Å². The van der Waals surface area contributed by atoms with E-state index in [2.05, 4.69) is 5.32 Å². The number of halogens is 1. The number of hydrogen-bond acceptors (Lipinski definition) is 4. The van der Waals surface area contributed by atoms with Crippen molar-refractivity contribution in [2.45, 2.75) is 37.3 Å². The van der Waals surface area contributed by atoms with Gasteiger partial charge in [-0.05, 0) is 38.0 Å². The molecule has 0 radical (unpaired) electrons. The molecule has 2 rings (SSSR count). The molecular formula is C13H17FN2O4S. The van der Waals surface area contributed by atoms with E-state index in [1.807, 2.05) is 0 Å². The fraction of sp³-hybridized carbons (Fsp3) is 0.462. The van der Waals surface area contributed by atoms with E-state index >= 15 is 0 Å². The van der Waals surface area contributed by atoms with E-state index in [9.17, 15) is 17.6 Å². The Morgan fingerprint density at radius 2 is 2.14 bits per heavy atom. The van der Waals surface area contributed by atoms with Crippen molar-refractivity contribution in [3.63, 3.8) is 0 Å². The van der Waals surface area contributed by atoms with Crippen molar-refractivity contribution in [2.75, 3.05) is 6.61 Å². The highest BCUT2D eigenvalue weighted by Gasteiger charge is 2.27. The summed E-state index contributed by atoms with van der Waals surface area (Å²) < 4.78 is 42.1. The maximum absolute atomic E-state index is 14.1. The standard InChI is InChI=1S/C13H17FN2O4S/c1-7-5-9(21(15,18)19)6-10(12(7)14)13(17)16-11-3-4-20-8(11)2/h5-6,8,11H,3-4H2,1-2H3,(H,16,17)(H2,15,18,19). The third-order valence-corrected chi connectivity index (χ3v) is 4.39. The molecule has 0 spiro atoms. The molecule has 2 atom stereocenters. The molecule has 1 aromatic carbocycles. The first kappa shape index (κ1) is 15.9. The van der Waals surface area contributed by atoms with Crippen LogP contribution in [-0.2, 0) is 14.8 Å². The highest BCUT2D eigenvalue weighted by molar-refractivity contribution is 7.89. The number of benzene rings is 1. The number of nitrogens with two attached hydrogens (primary N) is 1. The Kier molecular flexibility index (Phi) is 4.31. The fourth-order valence-corrected chi connectivity index (χ4v) is 2.86. The molecule has 6 nitrogen and oxygen atoms in total. The predicted molar refractivity (Wildman–Crippen MR) is 73.8 cm³/mol. The summed E-state index contributed by atoms with van der Waals surface area (Å²) in [5.41, 5.74) is -0.291. The molecule has 0 aromatic heterocycles. The fourth-order valence-electron chi connectivity index (χ4n) is 2.23. The van der Waals surface area contributed by atoms with E-state index in [1.54, 1.807) is 6.92 Å². The maximum atomic E-state index is 14.1. The third kappa shape index (κ3) is 3.39. The van der Waals surface area contributed by atoms with Crippen molar-refractivity contribution >= 4 is 15.9 Å².